The van der Waals surface area contributed by atoms with Crippen LogP contribution in [0.3, 0.4) is 0 Å². The van der Waals surface area contributed by atoms with E-state index >= 15 is 0 Å². The molecule has 2 aromatic rings. The summed E-state index contributed by atoms with van der Waals surface area (Å²) in [5.41, 5.74) is 2.55. The molecule has 0 saturated carbocycles. The number of benzene rings is 1. The minimum atomic E-state index is -0.0109. The molecule has 2 heteroatoms. The largest absolute Gasteiger partial charge is 0.264 e. The molecule has 0 unspecified atom stereocenters. The van der Waals surface area contributed by atoms with Gasteiger partial charge in [-0.3, -0.25) is 4.98 Å². The van der Waals surface area contributed by atoms with Crippen LogP contribution in [0.1, 0.15) is 25.0 Å². The van der Waals surface area contributed by atoms with Gasteiger partial charge in [0.15, 0.2) is 0 Å². The number of hydrogen-bond acceptors (Lipinski definition) is 1. The Morgan fingerprint density at radius 1 is 1.06 bits per heavy atom. The van der Waals surface area contributed by atoms with Crippen molar-refractivity contribution in [1.82, 2.24) is 4.98 Å². The van der Waals surface area contributed by atoms with Crippen LogP contribution >= 0.6 is 15.9 Å². The Kier molecular flexibility index (Phi) is 3.10. The second kappa shape index (κ2) is 4.38. The number of hydrogen-bond donors (Lipinski definition) is 0. The van der Waals surface area contributed by atoms with Crippen molar-refractivity contribution in [3.8, 4) is 0 Å². The van der Waals surface area contributed by atoms with E-state index in [0.717, 1.165) is 4.47 Å². The zero-order chi connectivity index (χ0) is 11.6. The molecule has 0 bridgehead atoms. The van der Waals surface area contributed by atoms with Crippen LogP contribution in [0.2, 0.25) is 0 Å². The molecule has 0 fully saturated rings. The van der Waals surface area contributed by atoms with Crippen LogP contribution in [0, 0.1) is 0 Å². The van der Waals surface area contributed by atoms with E-state index < -0.39 is 0 Å². The number of aromatic nitrogens is 1. The van der Waals surface area contributed by atoms with E-state index in [1.807, 2.05) is 18.5 Å². The highest BCUT2D eigenvalue weighted by Crippen LogP contribution is 2.35. The third-order valence-electron chi connectivity index (χ3n) is 2.94. The molecule has 0 radical (unpaired) electrons. The van der Waals surface area contributed by atoms with Crippen molar-refractivity contribution in [2.45, 2.75) is 19.3 Å². The van der Waals surface area contributed by atoms with Crippen LogP contribution in [0.5, 0.6) is 0 Å². The average Bonchev–Trinajstić information content (AvgIpc) is 2.30. The molecule has 0 atom stereocenters. The van der Waals surface area contributed by atoms with Crippen molar-refractivity contribution in [3.05, 3.63) is 64.4 Å². The first kappa shape index (κ1) is 11.3. The third kappa shape index (κ3) is 2.03. The van der Waals surface area contributed by atoms with Crippen molar-refractivity contribution in [2.24, 2.45) is 0 Å². The van der Waals surface area contributed by atoms with Gasteiger partial charge in [0, 0.05) is 22.3 Å². The maximum absolute atomic E-state index is 4.11. The lowest BCUT2D eigenvalue weighted by molar-refractivity contribution is 0.636. The lowest BCUT2D eigenvalue weighted by Gasteiger charge is -2.26. The second-order valence-corrected chi connectivity index (χ2v) is 5.20. The number of halogens is 1. The summed E-state index contributed by atoms with van der Waals surface area (Å²) in [4.78, 5) is 4.11. The zero-order valence-corrected chi connectivity index (χ0v) is 11.0. The second-order valence-electron chi connectivity index (χ2n) is 4.35. The van der Waals surface area contributed by atoms with E-state index in [9.17, 15) is 0 Å². The monoisotopic (exact) mass is 275 g/mol. The SMILES string of the molecule is CC(C)(c1ccccc1)c1ccncc1Br. The van der Waals surface area contributed by atoms with Gasteiger partial charge in [-0.2, -0.15) is 0 Å². The molecule has 0 aliphatic heterocycles. The topological polar surface area (TPSA) is 12.9 Å². The zero-order valence-electron chi connectivity index (χ0n) is 9.44. The van der Waals surface area contributed by atoms with E-state index in [1.54, 1.807) is 0 Å². The molecular weight excluding hydrogens is 262 g/mol. The predicted octanol–water partition coefficient (Wildman–Crippen LogP) is 4.17. The van der Waals surface area contributed by atoms with Gasteiger partial charge in [0.05, 0.1) is 0 Å². The Labute approximate surface area is 105 Å². The highest BCUT2D eigenvalue weighted by atomic mass is 79.9. The van der Waals surface area contributed by atoms with Crippen LogP contribution in [-0.2, 0) is 5.41 Å². The fraction of sp³-hybridized carbons (Fsp3) is 0.214. The van der Waals surface area contributed by atoms with Gasteiger partial charge in [0.25, 0.3) is 0 Å². The molecule has 2 rings (SSSR count). The van der Waals surface area contributed by atoms with E-state index in [0.29, 0.717) is 0 Å². The Bertz CT molecular complexity index is 477. The van der Waals surface area contributed by atoms with Gasteiger partial charge in [-0.25, -0.2) is 0 Å². The molecular formula is C14H14BrN. The molecule has 0 spiro atoms. The standard InChI is InChI=1S/C14H14BrN/c1-14(2,11-6-4-3-5-7-11)12-8-9-16-10-13(12)15/h3-10H,1-2H3. The van der Waals surface area contributed by atoms with Gasteiger partial charge in [0.1, 0.15) is 0 Å². The normalized spacial score (nSPS) is 11.4. The predicted molar refractivity (Wildman–Crippen MR) is 70.5 cm³/mol. The summed E-state index contributed by atoms with van der Waals surface area (Å²) in [6.45, 7) is 4.45. The first-order valence-corrected chi connectivity index (χ1v) is 6.07. The summed E-state index contributed by atoms with van der Waals surface area (Å²) in [5.74, 6) is 0. The van der Waals surface area contributed by atoms with Gasteiger partial charge in [-0.15, -0.1) is 0 Å². The van der Waals surface area contributed by atoms with Crippen LogP contribution in [0.25, 0.3) is 0 Å². The Morgan fingerprint density at radius 2 is 1.75 bits per heavy atom. The summed E-state index contributed by atoms with van der Waals surface area (Å²) in [6, 6.07) is 12.6. The van der Waals surface area contributed by atoms with Crippen molar-refractivity contribution < 1.29 is 0 Å². The fourth-order valence-electron chi connectivity index (χ4n) is 1.89. The molecule has 0 N–H and O–H groups in total. The molecule has 16 heavy (non-hydrogen) atoms. The van der Waals surface area contributed by atoms with Crippen LogP contribution in [0.15, 0.2) is 53.3 Å². The van der Waals surface area contributed by atoms with Gasteiger partial charge >= 0.3 is 0 Å². The Morgan fingerprint density at radius 3 is 2.38 bits per heavy atom. The lowest BCUT2D eigenvalue weighted by Crippen LogP contribution is -2.19. The summed E-state index contributed by atoms with van der Waals surface area (Å²) < 4.78 is 1.06. The fourth-order valence-corrected chi connectivity index (χ4v) is 2.64. The highest BCUT2D eigenvalue weighted by Gasteiger charge is 2.24. The van der Waals surface area contributed by atoms with Gasteiger partial charge in [-0.1, -0.05) is 44.2 Å². The molecule has 1 aromatic carbocycles. The van der Waals surface area contributed by atoms with Crippen molar-refractivity contribution in [1.29, 1.82) is 0 Å². The first-order valence-electron chi connectivity index (χ1n) is 5.28. The first-order chi connectivity index (χ1) is 7.62. The molecule has 0 aliphatic rings. The van der Waals surface area contributed by atoms with Crippen molar-refractivity contribution in [3.63, 3.8) is 0 Å². The van der Waals surface area contributed by atoms with Gasteiger partial charge in [-0.05, 0) is 33.1 Å². The average molecular weight is 276 g/mol. The number of nitrogens with zero attached hydrogens (tertiary/aromatic N) is 1. The van der Waals surface area contributed by atoms with E-state index in [-0.39, 0.29) is 5.41 Å². The van der Waals surface area contributed by atoms with Gasteiger partial charge < -0.3 is 0 Å². The maximum Gasteiger partial charge on any atom is 0.0413 e. The minimum Gasteiger partial charge on any atom is -0.264 e. The molecule has 1 heterocycles. The lowest BCUT2D eigenvalue weighted by atomic mass is 9.79. The minimum absolute atomic E-state index is 0.0109. The van der Waals surface area contributed by atoms with E-state index in [2.05, 4.69) is 65.1 Å². The smallest absolute Gasteiger partial charge is 0.0413 e. The van der Waals surface area contributed by atoms with Gasteiger partial charge in [0.2, 0.25) is 0 Å². The molecule has 82 valence electrons. The van der Waals surface area contributed by atoms with Crippen molar-refractivity contribution >= 4 is 15.9 Å². The Hall–Kier alpha value is -1.15. The summed E-state index contributed by atoms with van der Waals surface area (Å²) in [7, 11) is 0. The number of pyridine rings is 1. The molecule has 1 aromatic heterocycles. The summed E-state index contributed by atoms with van der Waals surface area (Å²) in [6.07, 6.45) is 3.69. The molecule has 0 aliphatic carbocycles. The molecule has 1 nitrogen and oxygen atoms in total. The maximum atomic E-state index is 4.11. The van der Waals surface area contributed by atoms with E-state index in [4.69, 9.17) is 0 Å². The molecule has 0 amide bonds. The molecule has 0 saturated heterocycles. The van der Waals surface area contributed by atoms with E-state index in [1.165, 1.54) is 11.1 Å². The summed E-state index contributed by atoms with van der Waals surface area (Å²) in [5, 5.41) is 0. The third-order valence-corrected chi connectivity index (χ3v) is 3.57. The van der Waals surface area contributed by atoms with Crippen LogP contribution < -0.4 is 0 Å². The van der Waals surface area contributed by atoms with Crippen molar-refractivity contribution in [2.75, 3.05) is 0 Å². The number of rotatable bonds is 2. The van der Waals surface area contributed by atoms with Crippen LogP contribution in [-0.4, -0.2) is 4.98 Å². The quantitative estimate of drug-likeness (QED) is 0.802. The van der Waals surface area contributed by atoms with Crippen LogP contribution in [0.4, 0.5) is 0 Å². The summed E-state index contributed by atoms with van der Waals surface area (Å²) >= 11 is 3.57. The highest BCUT2D eigenvalue weighted by molar-refractivity contribution is 9.10. The Balaban J connectivity index is 2.51.